The minimum Gasteiger partial charge on any atom is -0.493 e. The molecule has 0 fully saturated rings. The third-order valence-corrected chi connectivity index (χ3v) is 6.02. The monoisotopic (exact) mass is 461 g/mol. The van der Waals surface area contributed by atoms with E-state index in [9.17, 15) is 14.4 Å². The highest BCUT2D eigenvalue weighted by atomic mass is 32.1. The number of aryl methyl sites for hydroxylation is 1. The van der Waals surface area contributed by atoms with Gasteiger partial charge in [0.1, 0.15) is 5.00 Å². The molecular formula is C21H23N3O7S. The summed E-state index contributed by atoms with van der Waals surface area (Å²) in [6, 6.07) is 3.26. The van der Waals surface area contributed by atoms with Gasteiger partial charge in [0.2, 0.25) is 5.75 Å². The average Bonchev–Trinajstić information content (AvgIpc) is 3.38. The van der Waals surface area contributed by atoms with E-state index in [4.69, 9.17) is 18.9 Å². The third kappa shape index (κ3) is 4.67. The minimum absolute atomic E-state index is 0.301. The molecule has 0 saturated heterocycles. The molecule has 2 aromatic rings. The SMILES string of the molecule is COC(=O)c1c(NC(=O)C(=O)NN=Cc2cc(OC)c(OC)c(OC)c2)sc2c1CCC2. The zero-order valence-electron chi connectivity index (χ0n) is 18.1. The molecule has 1 aliphatic carbocycles. The maximum Gasteiger partial charge on any atom is 0.341 e. The normalized spacial score (nSPS) is 12.2. The third-order valence-electron chi connectivity index (χ3n) is 4.81. The molecule has 1 heterocycles. The van der Waals surface area contributed by atoms with Crippen molar-refractivity contribution in [1.29, 1.82) is 0 Å². The molecule has 1 aliphatic rings. The molecule has 0 saturated carbocycles. The maximum atomic E-state index is 12.3. The fourth-order valence-corrected chi connectivity index (χ4v) is 4.63. The lowest BCUT2D eigenvalue weighted by Crippen LogP contribution is -2.32. The van der Waals surface area contributed by atoms with E-state index in [1.165, 1.54) is 46.0 Å². The molecule has 0 radical (unpaired) electrons. The van der Waals surface area contributed by atoms with Crippen LogP contribution in [0, 0.1) is 0 Å². The van der Waals surface area contributed by atoms with Gasteiger partial charge in [-0.2, -0.15) is 5.10 Å². The minimum atomic E-state index is -0.988. The Morgan fingerprint density at radius 3 is 2.28 bits per heavy atom. The largest absolute Gasteiger partial charge is 0.493 e. The number of carbonyl (C=O) groups is 3. The number of methoxy groups -OCH3 is 4. The molecule has 10 nitrogen and oxygen atoms in total. The summed E-state index contributed by atoms with van der Waals surface area (Å²) in [5, 5.41) is 6.60. The number of nitrogens with zero attached hydrogens (tertiary/aromatic N) is 1. The smallest absolute Gasteiger partial charge is 0.341 e. The highest BCUT2D eigenvalue weighted by Crippen LogP contribution is 2.39. The highest BCUT2D eigenvalue weighted by Gasteiger charge is 2.29. The first-order chi connectivity index (χ1) is 15.4. The van der Waals surface area contributed by atoms with Crippen LogP contribution in [0.1, 0.15) is 32.8 Å². The average molecular weight is 461 g/mol. The van der Waals surface area contributed by atoms with Gasteiger partial charge in [-0.05, 0) is 37.0 Å². The van der Waals surface area contributed by atoms with E-state index in [0.717, 1.165) is 29.7 Å². The van der Waals surface area contributed by atoms with E-state index in [1.54, 1.807) is 12.1 Å². The van der Waals surface area contributed by atoms with E-state index >= 15 is 0 Å². The number of anilines is 1. The summed E-state index contributed by atoms with van der Waals surface area (Å²) in [4.78, 5) is 37.7. The number of esters is 1. The number of hydrogen-bond donors (Lipinski definition) is 2. The second-order valence-corrected chi connectivity index (χ2v) is 7.77. The van der Waals surface area contributed by atoms with Gasteiger partial charge in [0, 0.05) is 10.4 Å². The Morgan fingerprint density at radius 2 is 1.69 bits per heavy atom. The molecule has 0 bridgehead atoms. The first-order valence-corrected chi connectivity index (χ1v) is 10.4. The van der Waals surface area contributed by atoms with Crippen molar-refractivity contribution in [3.8, 4) is 17.2 Å². The van der Waals surface area contributed by atoms with Gasteiger partial charge in [-0.3, -0.25) is 9.59 Å². The highest BCUT2D eigenvalue weighted by molar-refractivity contribution is 7.17. The molecule has 1 aromatic carbocycles. The molecule has 11 heteroatoms. The van der Waals surface area contributed by atoms with Crippen LogP contribution in [0.15, 0.2) is 17.2 Å². The number of amides is 2. The standard InChI is InChI=1S/C21H23N3O7S/c1-28-13-8-11(9-14(29-2)17(13)30-3)10-22-24-19(26)18(25)23-20-16(21(27)31-4)12-6-5-7-15(12)32-20/h8-10H,5-7H2,1-4H3,(H,23,25)(H,24,26). The molecule has 0 atom stereocenters. The Hall–Kier alpha value is -3.60. The maximum absolute atomic E-state index is 12.3. The van der Waals surface area contributed by atoms with Gasteiger partial charge in [-0.25, -0.2) is 10.2 Å². The summed E-state index contributed by atoms with van der Waals surface area (Å²) in [7, 11) is 5.72. The van der Waals surface area contributed by atoms with Crippen molar-refractivity contribution in [2.24, 2.45) is 5.10 Å². The number of hydrazone groups is 1. The molecule has 3 rings (SSSR count). The van der Waals surface area contributed by atoms with Crippen molar-refractivity contribution >= 4 is 40.3 Å². The number of ether oxygens (including phenoxy) is 4. The zero-order valence-corrected chi connectivity index (χ0v) is 18.9. The van der Waals surface area contributed by atoms with Crippen LogP contribution in [0.3, 0.4) is 0 Å². The van der Waals surface area contributed by atoms with Crippen molar-refractivity contribution in [1.82, 2.24) is 5.43 Å². The van der Waals surface area contributed by atoms with Crippen LogP contribution in [0.2, 0.25) is 0 Å². The first kappa shape index (κ1) is 23.1. The predicted octanol–water partition coefficient (Wildman–Crippen LogP) is 2.14. The van der Waals surface area contributed by atoms with Crippen LogP contribution in [0.4, 0.5) is 5.00 Å². The second-order valence-electron chi connectivity index (χ2n) is 6.66. The van der Waals surface area contributed by atoms with E-state index in [-0.39, 0.29) is 0 Å². The number of thiophene rings is 1. The fourth-order valence-electron chi connectivity index (χ4n) is 3.36. The summed E-state index contributed by atoms with van der Waals surface area (Å²) in [5.41, 5.74) is 3.89. The molecule has 32 heavy (non-hydrogen) atoms. The van der Waals surface area contributed by atoms with Crippen molar-refractivity contribution in [3.63, 3.8) is 0 Å². The van der Waals surface area contributed by atoms with Crippen molar-refractivity contribution < 1.29 is 33.3 Å². The van der Waals surface area contributed by atoms with Crippen molar-refractivity contribution in [2.45, 2.75) is 19.3 Å². The predicted molar refractivity (Wildman–Crippen MR) is 118 cm³/mol. The molecule has 170 valence electrons. The number of carbonyl (C=O) groups excluding carboxylic acids is 3. The number of hydrogen-bond acceptors (Lipinski definition) is 9. The summed E-state index contributed by atoms with van der Waals surface area (Å²) in [5.74, 6) is -1.23. The molecule has 2 N–H and O–H groups in total. The molecule has 0 aliphatic heterocycles. The Bertz CT molecular complexity index is 1050. The molecule has 0 unspecified atom stereocenters. The van der Waals surface area contributed by atoms with Crippen LogP contribution in [-0.4, -0.2) is 52.4 Å². The van der Waals surface area contributed by atoms with Crippen LogP contribution in [-0.2, 0) is 27.2 Å². The van der Waals surface area contributed by atoms with E-state index in [0.29, 0.717) is 33.4 Å². The second kappa shape index (κ2) is 10.1. The van der Waals surface area contributed by atoms with Gasteiger partial charge in [-0.1, -0.05) is 0 Å². The Morgan fingerprint density at radius 1 is 1.00 bits per heavy atom. The van der Waals surface area contributed by atoms with Gasteiger partial charge >= 0.3 is 17.8 Å². The number of fused-ring (bicyclic) bond motifs is 1. The van der Waals surface area contributed by atoms with Crippen LogP contribution in [0.5, 0.6) is 17.2 Å². The van der Waals surface area contributed by atoms with Crippen LogP contribution in [0.25, 0.3) is 0 Å². The summed E-state index contributed by atoms with van der Waals surface area (Å²) < 4.78 is 20.6. The lowest BCUT2D eigenvalue weighted by atomic mass is 10.1. The molecule has 2 amide bonds. The first-order valence-electron chi connectivity index (χ1n) is 9.60. The lowest BCUT2D eigenvalue weighted by Gasteiger charge is -2.12. The molecule has 1 aromatic heterocycles. The van der Waals surface area contributed by atoms with Crippen LogP contribution >= 0.6 is 11.3 Å². The quantitative estimate of drug-likeness (QED) is 0.280. The van der Waals surface area contributed by atoms with E-state index in [1.807, 2.05) is 0 Å². The van der Waals surface area contributed by atoms with Crippen molar-refractivity contribution in [2.75, 3.05) is 33.8 Å². The van der Waals surface area contributed by atoms with Crippen molar-refractivity contribution in [3.05, 3.63) is 33.7 Å². The van der Waals surface area contributed by atoms with Gasteiger partial charge in [0.15, 0.2) is 11.5 Å². The van der Waals surface area contributed by atoms with Gasteiger partial charge < -0.3 is 24.3 Å². The van der Waals surface area contributed by atoms with E-state index in [2.05, 4.69) is 15.8 Å². The van der Waals surface area contributed by atoms with Gasteiger partial charge in [0.05, 0.1) is 40.2 Å². The summed E-state index contributed by atoms with van der Waals surface area (Å²) >= 11 is 1.28. The topological polar surface area (TPSA) is 125 Å². The Balaban J connectivity index is 1.69. The Kier molecular flexibility index (Phi) is 7.31. The van der Waals surface area contributed by atoms with E-state index < -0.39 is 17.8 Å². The Labute approximate surface area is 188 Å². The van der Waals surface area contributed by atoms with Gasteiger partial charge in [-0.15, -0.1) is 11.3 Å². The summed E-state index contributed by atoms with van der Waals surface area (Å²) in [6.45, 7) is 0. The number of benzene rings is 1. The zero-order chi connectivity index (χ0) is 23.3. The van der Waals surface area contributed by atoms with Crippen LogP contribution < -0.4 is 25.0 Å². The van der Waals surface area contributed by atoms with Gasteiger partial charge in [0.25, 0.3) is 0 Å². The molecule has 0 spiro atoms. The number of nitrogens with one attached hydrogen (secondary N) is 2. The lowest BCUT2D eigenvalue weighted by molar-refractivity contribution is -0.136. The fraction of sp³-hybridized carbons (Fsp3) is 0.333. The molecular weight excluding hydrogens is 438 g/mol. The number of rotatable bonds is 7. The summed E-state index contributed by atoms with van der Waals surface area (Å²) in [6.07, 6.45) is 3.83.